The molecule has 1 aromatic heterocycles. The van der Waals surface area contributed by atoms with E-state index < -0.39 is 11.9 Å². The quantitative estimate of drug-likeness (QED) is 0.735. The number of nitrogens with zero attached hydrogens (tertiary/aromatic N) is 2. The van der Waals surface area contributed by atoms with E-state index in [0.29, 0.717) is 11.3 Å². The number of carbonyl (C=O) groups is 2. The highest BCUT2D eigenvalue weighted by atomic mass is 16.4. The standard InChI is InChI=1S/C11H10N4O3/c16-9(17)5-7-3-1-2-4-8(7)14-11(18)10-12-6-13-15-10/h1-4,6H,5H2,(H,14,18)(H,16,17)(H,12,13,15). The topological polar surface area (TPSA) is 108 Å². The Morgan fingerprint density at radius 3 is 2.78 bits per heavy atom. The third kappa shape index (κ3) is 2.70. The van der Waals surface area contributed by atoms with E-state index in [1.807, 2.05) is 0 Å². The number of aromatic amines is 1. The molecule has 3 N–H and O–H groups in total. The van der Waals surface area contributed by atoms with Gasteiger partial charge < -0.3 is 10.4 Å². The molecule has 2 aromatic rings. The van der Waals surface area contributed by atoms with Crippen molar-refractivity contribution < 1.29 is 14.7 Å². The van der Waals surface area contributed by atoms with Crippen LogP contribution in [-0.4, -0.2) is 32.2 Å². The van der Waals surface area contributed by atoms with Gasteiger partial charge in [-0.15, -0.1) is 0 Å². The molecule has 0 fully saturated rings. The summed E-state index contributed by atoms with van der Waals surface area (Å²) in [6.07, 6.45) is 1.06. The van der Waals surface area contributed by atoms with E-state index in [9.17, 15) is 9.59 Å². The number of para-hydroxylation sites is 1. The Balaban J connectivity index is 2.18. The summed E-state index contributed by atoms with van der Waals surface area (Å²) in [5.41, 5.74) is 0.971. The normalized spacial score (nSPS) is 10.0. The lowest BCUT2D eigenvalue weighted by atomic mass is 10.1. The smallest absolute Gasteiger partial charge is 0.307 e. The molecule has 0 saturated carbocycles. The maximum Gasteiger partial charge on any atom is 0.307 e. The second kappa shape index (κ2) is 5.09. The number of nitrogens with one attached hydrogen (secondary N) is 2. The van der Waals surface area contributed by atoms with Crippen LogP contribution >= 0.6 is 0 Å². The van der Waals surface area contributed by atoms with Gasteiger partial charge in [-0.3, -0.25) is 14.7 Å². The molecule has 1 aromatic carbocycles. The van der Waals surface area contributed by atoms with Gasteiger partial charge in [-0.05, 0) is 11.6 Å². The van der Waals surface area contributed by atoms with Crippen LogP contribution in [0.2, 0.25) is 0 Å². The summed E-state index contributed by atoms with van der Waals surface area (Å²) in [7, 11) is 0. The van der Waals surface area contributed by atoms with Crippen molar-refractivity contribution in [3.05, 3.63) is 42.0 Å². The van der Waals surface area contributed by atoms with Crippen LogP contribution in [0.5, 0.6) is 0 Å². The molecule has 7 nitrogen and oxygen atoms in total. The molecular weight excluding hydrogens is 236 g/mol. The van der Waals surface area contributed by atoms with E-state index in [1.165, 1.54) is 6.33 Å². The fourth-order valence-corrected chi connectivity index (χ4v) is 1.46. The molecule has 0 bridgehead atoms. The van der Waals surface area contributed by atoms with Crippen molar-refractivity contribution in [3.8, 4) is 0 Å². The zero-order valence-corrected chi connectivity index (χ0v) is 9.25. The SMILES string of the molecule is O=C(O)Cc1ccccc1NC(=O)c1ncn[nH]1. The Morgan fingerprint density at radius 2 is 2.11 bits per heavy atom. The van der Waals surface area contributed by atoms with Crippen LogP contribution in [0.1, 0.15) is 16.2 Å². The minimum atomic E-state index is -0.962. The van der Waals surface area contributed by atoms with E-state index in [1.54, 1.807) is 24.3 Å². The average molecular weight is 246 g/mol. The average Bonchev–Trinajstić information content (AvgIpc) is 2.84. The summed E-state index contributed by atoms with van der Waals surface area (Å²) >= 11 is 0. The van der Waals surface area contributed by atoms with Crippen LogP contribution in [0.3, 0.4) is 0 Å². The van der Waals surface area contributed by atoms with Crippen molar-refractivity contribution >= 4 is 17.6 Å². The number of anilines is 1. The van der Waals surface area contributed by atoms with E-state index in [2.05, 4.69) is 20.5 Å². The Kier molecular flexibility index (Phi) is 3.33. The lowest BCUT2D eigenvalue weighted by Gasteiger charge is -2.08. The number of hydrogen-bond donors (Lipinski definition) is 3. The van der Waals surface area contributed by atoms with Gasteiger partial charge in [0.25, 0.3) is 5.91 Å². The first kappa shape index (κ1) is 11.8. The molecule has 2 rings (SSSR count). The number of carbonyl (C=O) groups excluding carboxylic acids is 1. The first-order chi connectivity index (χ1) is 8.66. The summed E-state index contributed by atoms with van der Waals surface area (Å²) < 4.78 is 0. The summed E-state index contributed by atoms with van der Waals surface area (Å²) in [5, 5.41) is 17.3. The molecular formula is C11H10N4O3. The van der Waals surface area contributed by atoms with Crippen LogP contribution in [0.15, 0.2) is 30.6 Å². The molecule has 1 heterocycles. The van der Waals surface area contributed by atoms with Gasteiger partial charge in [-0.2, -0.15) is 5.10 Å². The molecule has 1 amide bonds. The van der Waals surface area contributed by atoms with Crippen LogP contribution in [-0.2, 0) is 11.2 Å². The van der Waals surface area contributed by atoms with Crippen molar-refractivity contribution in [2.24, 2.45) is 0 Å². The zero-order valence-electron chi connectivity index (χ0n) is 9.25. The molecule has 0 spiro atoms. The minimum Gasteiger partial charge on any atom is -0.481 e. The molecule has 0 saturated heterocycles. The van der Waals surface area contributed by atoms with E-state index in [-0.39, 0.29) is 12.2 Å². The van der Waals surface area contributed by atoms with E-state index in [0.717, 1.165) is 0 Å². The molecule has 92 valence electrons. The number of aromatic nitrogens is 3. The Bertz CT molecular complexity index is 565. The number of aliphatic carboxylic acids is 1. The van der Waals surface area contributed by atoms with Crippen molar-refractivity contribution in [1.82, 2.24) is 15.2 Å². The lowest BCUT2D eigenvalue weighted by Crippen LogP contribution is -2.15. The summed E-state index contributed by atoms with van der Waals surface area (Å²) in [6.45, 7) is 0. The highest BCUT2D eigenvalue weighted by Gasteiger charge is 2.12. The van der Waals surface area contributed by atoms with Crippen LogP contribution in [0.4, 0.5) is 5.69 Å². The number of benzene rings is 1. The fraction of sp³-hybridized carbons (Fsp3) is 0.0909. The molecule has 0 aliphatic rings. The second-order valence-electron chi connectivity index (χ2n) is 3.52. The number of hydrogen-bond acceptors (Lipinski definition) is 4. The van der Waals surface area contributed by atoms with E-state index in [4.69, 9.17) is 5.11 Å². The summed E-state index contributed by atoms with van der Waals surface area (Å²) in [6, 6.07) is 6.69. The van der Waals surface area contributed by atoms with Crippen molar-refractivity contribution in [2.45, 2.75) is 6.42 Å². The van der Waals surface area contributed by atoms with Crippen molar-refractivity contribution in [2.75, 3.05) is 5.32 Å². The predicted molar refractivity (Wildman–Crippen MR) is 62.1 cm³/mol. The van der Waals surface area contributed by atoms with Gasteiger partial charge in [0.05, 0.1) is 6.42 Å². The van der Waals surface area contributed by atoms with Gasteiger partial charge in [0.1, 0.15) is 6.33 Å². The lowest BCUT2D eigenvalue weighted by molar-refractivity contribution is -0.136. The number of H-pyrrole nitrogens is 1. The molecule has 0 atom stereocenters. The van der Waals surface area contributed by atoms with Gasteiger partial charge in [-0.1, -0.05) is 18.2 Å². The molecule has 0 aliphatic heterocycles. The van der Waals surface area contributed by atoms with E-state index >= 15 is 0 Å². The monoisotopic (exact) mass is 246 g/mol. The van der Waals surface area contributed by atoms with Gasteiger partial charge in [0.15, 0.2) is 0 Å². The third-order valence-corrected chi connectivity index (χ3v) is 2.24. The Labute approximate surface area is 102 Å². The highest BCUT2D eigenvalue weighted by molar-refractivity contribution is 6.02. The Morgan fingerprint density at radius 1 is 1.33 bits per heavy atom. The zero-order chi connectivity index (χ0) is 13.0. The van der Waals surface area contributed by atoms with Gasteiger partial charge in [0.2, 0.25) is 5.82 Å². The molecule has 18 heavy (non-hydrogen) atoms. The summed E-state index contributed by atoms with van der Waals surface area (Å²) in [5.74, 6) is -1.36. The minimum absolute atomic E-state index is 0.0696. The number of carboxylic acid groups (broad SMARTS) is 1. The third-order valence-electron chi connectivity index (χ3n) is 2.24. The Hall–Kier alpha value is -2.70. The van der Waals surface area contributed by atoms with Crippen molar-refractivity contribution in [1.29, 1.82) is 0 Å². The maximum absolute atomic E-state index is 11.7. The fourth-order valence-electron chi connectivity index (χ4n) is 1.46. The maximum atomic E-state index is 11.7. The second-order valence-corrected chi connectivity index (χ2v) is 3.52. The van der Waals surface area contributed by atoms with Gasteiger partial charge >= 0.3 is 5.97 Å². The van der Waals surface area contributed by atoms with Crippen LogP contribution in [0, 0.1) is 0 Å². The number of rotatable bonds is 4. The highest BCUT2D eigenvalue weighted by Crippen LogP contribution is 2.16. The largest absolute Gasteiger partial charge is 0.481 e. The molecule has 0 radical (unpaired) electrons. The first-order valence-corrected chi connectivity index (χ1v) is 5.13. The van der Waals surface area contributed by atoms with Crippen LogP contribution < -0.4 is 5.32 Å². The number of amides is 1. The summed E-state index contributed by atoms with van der Waals surface area (Å²) in [4.78, 5) is 26.1. The molecule has 0 aliphatic carbocycles. The van der Waals surface area contributed by atoms with Gasteiger partial charge in [0, 0.05) is 5.69 Å². The molecule has 0 unspecified atom stereocenters. The van der Waals surface area contributed by atoms with Crippen LogP contribution in [0.25, 0.3) is 0 Å². The van der Waals surface area contributed by atoms with Gasteiger partial charge in [-0.25, -0.2) is 4.98 Å². The first-order valence-electron chi connectivity index (χ1n) is 5.13. The molecule has 7 heteroatoms. The van der Waals surface area contributed by atoms with Crippen molar-refractivity contribution in [3.63, 3.8) is 0 Å². The predicted octanol–water partition coefficient (Wildman–Crippen LogP) is 0.684. The number of carboxylic acids is 1.